The summed E-state index contributed by atoms with van der Waals surface area (Å²) in [5.41, 5.74) is 4.40. The van der Waals surface area contributed by atoms with Crippen molar-refractivity contribution < 1.29 is 19.0 Å². The van der Waals surface area contributed by atoms with Crippen molar-refractivity contribution in [2.24, 2.45) is 4.99 Å². The second-order valence-corrected chi connectivity index (χ2v) is 8.58. The molecule has 0 aromatic heterocycles. The summed E-state index contributed by atoms with van der Waals surface area (Å²) in [6.07, 6.45) is 5.55. The number of hydrogen-bond donors (Lipinski definition) is 0. The summed E-state index contributed by atoms with van der Waals surface area (Å²) in [5.74, 6) is 3.59. The van der Waals surface area contributed by atoms with E-state index >= 15 is 0 Å². The first-order valence-electron chi connectivity index (χ1n) is 13.0. The number of nitrogens with zero attached hydrogens (tertiary/aromatic N) is 1. The summed E-state index contributed by atoms with van der Waals surface area (Å²) in [5, 5.41) is 0. The van der Waals surface area contributed by atoms with Gasteiger partial charge in [0, 0.05) is 5.56 Å². The number of rotatable bonds is 11. The molecule has 40 heavy (non-hydrogen) atoms. The second kappa shape index (κ2) is 14.7. The summed E-state index contributed by atoms with van der Waals surface area (Å²) in [6.45, 7) is 2.28. The van der Waals surface area contributed by atoms with Crippen molar-refractivity contribution in [3.63, 3.8) is 0 Å². The second-order valence-electron chi connectivity index (χ2n) is 8.58. The fourth-order valence-corrected chi connectivity index (χ4v) is 3.95. The predicted octanol–water partition coefficient (Wildman–Crippen LogP) is 7.49. The smallest absolute Gasteiger partial charge is 0.357 e. The minimum atomic E-state index is -0.562. The number of esters is 1. The van der Waals surface area contributed by atoms with Crippen LogP contribution in [0.4, 0.5) is 0 Å². The zero-order valence-corrected chi connectivity index (χ0v) is 22.6. The highest BCUT2D eigenvalue weighted by Crippen LogP contribution is 2.33. The first-order chi connectivity index (χ1) is 19.7. The number of methoxy groups -OCH3 is 1. The van der Waals surface area contributed by atoms with Crippen molar-refractivity contribution in [1.82, 2.24) is 0 Å². The highest BCUT2D eigenvalue weighted by atomic mass is 16.5. The van der Waals surface area contributed by atoms with E-state index in [9.17, 15) is 4.79 Å². The van der Waals surface area contributed by atoms with E-state index in [4.69, 9.17) is 14.2 Å². The van der Waals surface area contributed by atoms with E-state index in [0.717, 1.165) is 22.3 Å². The number of hydrogen-bond acceptors (Lipinski definition) is 5. The molecule has 0 bridgehead atoms. The van der Waals surface area contributed by atoms with Crippen LogP contribution < -0.4 is 9.47 Å². The fraction of sp³-hybridized carbons (Fsp3) is 0.114. The van der Waals surface area contributed by atoms with Crippen LogP contribution in [-0.4, -0.2) is 32.2 Å². The molecular formula is C35H31NO4. The van der Waals surface area contributed by atoms with E-state index in [2.05, 4.69) is 10.9 Å². The topological polar surface area (TPSA) is 57.1 Å². The van der Waals surface area contributed by atoms with Crippen LogP contribution in [0.5, 0.6) is 11.5 Å². The lowest BCUT2D eigenvalue weighted by Gasteiger charge is -2.12. The molecule has 4 rings (SSSR count). The molecule has 0 aliphatic carbocycles. The fourth-order valence-electron chi connectivity index (χ4n) is 3.95. The summed E-state index contributed by atoms with van der Waals surface area (Å²) in [6, 6.07) is 35.1. The highest BCUT2D eigenvalue weighted by Gasteiger charge is 2.15. The van der Waals surface area contributed by atoms with Crippen molar-refractivity contribution in [1.29, 1.82) is 0 Å². The van der Waals surface area contributed by atoms with Gasteiger partial charge in [-0.3, -0.25) is 0 Å². The molecule has 0 aliphatic rings. The molecule has 0 saturated carbocycles. The van der Waals surface area contributed by atoms with Gasteiger partial charge < -0.3 is 14.2 Å². The van der Waals surface area contributed by atoms with Crippen LogP contribution in [-0.2, 0) is 9.53 Å². The van der Waals surface area contributed by atoms with E-state index < -0.39 is 5.97 Å². The normalized spacial score (nSPS) is 11.0. The monoisotopic (exact) mass is 529 g/mol. The first kappa shape index (κ1) is 27.9. The van der Waals surface area contributed by atoms with Crippen molar-refractivity contribution in [3.8, 4) is 11.5 Å². The zero-order valence-electron chi connectivity index (χ0n) is 22.6. The highest BCUT2D eigenvalue weighted by molar-refractivity contribution is 6.02. The summed E-state index contributed by atoms with van der Waals surface area (Å²) < 4.78 is 17.0. The zero-order chi connectivity index (χ0) is 28.0. The average Bonchev–Trinajstić information content (AvgIpc) is 3.01. The lowest BCUT2D eigenvalue weighted by atomic mass is 9.99. The van der Waals surface area contributed by atoms with Crippen LogP contribution in [0.1, 0.15) is 29.2 Å². The SMILES string of the molecule is CCOC(=O)/C(=C/c1cccc(OC)c1OC/C=C/c1ccccc1)N=C=C(c1ccccc1)c1ccccc1. The third-order valence-electron chi connectivity index (χ3n) is 5.85. The van der Waals surface area contributed by atoms with Gasteiger partial charge in [0.15, 0.2) is 17.2 Å². The Morgan fingerprint density at radius 2 is 1.45 bits per heavy atom. The van der Waals surface area contributed by atoms with Crippen LogP contribution in [0.15, 0.2) is 126 Å². The average molecular weight is 530 g/mol. The Hall–Kier alpha value is -5.12. The van der Waals surface area contributed by atoms with E-state index in [1.165, 1.54) is 0 Å². The van der Waals surface area contributed by atoms with Gasteiger partial charge in [-0.05, 0) is 47.7 Å². The van der Waals surface area contributed by atoms with E-state index in [1.54, 1.807) is 20.1 Å². The summed E-state index contributed by atoms with van der Waals surface area (Å²) in [7, 11) is 1.58. The molecular weight excluding hydrogens is 498 g/mol. The number of carbonyl (C=O) groups is 1. The molecule has 0 unspecified atom stereocenters. The molecule has 0 aliphatic heterocycles. The largest absolute Gasteiger partial charge is 0.493 e. The van der Waals surface area contributed by atoms with Gasteiger partial charge in [-0.25, -0.2) is 4.79 Å². The molecule has 0 heterocycles. The lowest BCUT2D eigenvalue weighted by molar-refractivity contribution is -0.138. The molecule has 0 fully saturated rings. The molecule has 4 aromatic rings. The Morgan fingerprint density at radius 1 is 0.825 bits per heavy atom. The standard InChI is InChI=1S/C35H31NO4/c1-3-39-35(37)32(36-26-31(28-18-9-5-10-19-28)29-20-11-6-12-21-29)25-30-22-13-23-33(38-2)34(30)40-24-14-17-27-15-7-4-8-16-27/h4-23,25H,3,24H2,1-2H3/b17-14+,32-25-. The minimum Gasteiger partial charge on any atom is -0.493 e. The number of ether oxygens (including phenoxy) is 3. The molecule has 0 spiro atoms. The van der Waals surface area contributed by atoms with Crippen molar-refractivity contribution >= 4 is 29.6 Å². The Kier molecular flexibility index (Phi) is 10.3. The lowest BCUT2D eigenvalue weighted by Crippen LogP contribution is -2.06. The van der Waals surface area contributed by atoms with Crippen LogP contribution in [0.25, 0.3) is 17.7 Å². The van der Waals surface area contributed by atoms with Gasteiger partial charge in [0.2, 0.25) is 0 Å². The number of benzene rings is 4. The third-order valence-corrected chi connectivity index (χ3v) is 5.85. The molecule has 0 atom stereocenters. The van der Waals surface area contributed by atoms with Crippen LogP contribution in [0.3, 0.4) is 0 Å². The quantitative estimate of drug-likeness (QED) is 0.115. The molecule has 5 heteroatoms. The van der Waals surface area contributed by atoms with E-state index in [-0.39, 0.29) is 12.3 Å². The molecule has 0 radical (unpaired) electrons. The number of carbonyl (C=O) groups excluding carboxylic acids is 1. The van der Waals surface area contributed by atoms with Crippen molar-refractivity contribution in [2.45, 2.75) is 6.92 Å². The molecule has 5 nitrogen and oxygen atoms in total. The maximum absolute atomic E-state index is 13.0. The van der Waals surface area contributed by atoms with Crippen LogP contribution in [0, 0.1) is 0 Å². The maximum Gasteiger partial charge on any atom is 0.357 e. The van der Waals surface area contributed by atoms with Crippen molar-refractivity contribution in [2.75, 3.05) is 20.3 Å². The first-order valence-corrected chi connectivity index (χ1v) is 13.0. The van der Waals surface area contributed by atoms with Gasteiger partial charge in [0.05, 0.1) is 19.3 Å². The Morgan fingerprint density at radius 3 is 2.05 bits per heavy atom. The molecule has 4 aromatic carbocycles. The van der Waals surface area contributed by atoms with Gasteiger partial charge in [-0.15, -0.1) is 0 Å². The van der Waals surface area contributed by atoms with Gasteiger partial charge in [-0.2, -0.15) is 4.99 Å². The Bertz CT molecular complexity index is 1480. The number of aliphatic imine (C=N–C) groups is 1. The van der Waals surface area contributed by atoms with Gasteiger partial charge in [-0.1, -0.05) is 109 Å². The number of para-hydroxylation sites is 1. The minimum absolute atomic E-state index is 0.0872. The van der Waals surface area contributed by atoms with Crippen LogP contribution in [0.2, 0.25) is 0 Å². The van der Waals surface area contributed by atoms with Gasteiger partial charge in [0.25, 0.3) is 0 Å². The van der Waals surface area contributed by atoms with Crippen molar-refractivity contribution in [3.05, 3.63) is 143 Å². The van der Waals surface area contributed by atoms with Gasteiger partial charge in [0.1, 0.15) is 6.61 Å². The molecule has 200 valence electrons. The van der Waals surface area contributed by atoms with E-state index in [0.29, 0.717) is 23.7 Å². The van der Waals surface area contributed by atoms with E-state index in [1.807, 2.05) is 121 Å². The molecule has 0 amide bonds. The summed E-state index contributed by atoms with van der Waals surface area (Å²) >= 11 is 0. The molecule has 0 saturated heterocycles. The third kappa shape index (κ3) is 7.70. The predicted molar refractivity (Wildman–Crippen MR) is 161 cm³/mol. The Balaban J connectivity index is 1.74. The summed E-state index contributed by atoms with van der Waals surface area (Å²) in [4.78, 5) is 17.5. The maximum atomic E-state index is 13.0. The van der Waals surface area contributed by atoms with Gasteiger partial charge >= 0.3 is 5.97 Å². The Labute approximate surface area is 235 Å². The molecule has 0 N–H and O–H groups in total. The van der Waals surface area contributed by atoms with Crippen LogP contribution >= 0.6 is 0 Å².